The van der Waals surface area contributed by atoms with Gasteiger partial charge >= 0.3 is 0 Å². The van der Waals surface area contributed by atoms with Crippen LogP contribution in [0.2, 0.25) is 0 Å². The Morgan fingerprint density at radius 3 is 2.67 bits per heavy atom. The first kappa shape index (κ1) is 13.3. The van der Waals surface area contributed by atoms with Crippen LogP contribution >= 0.6 is 11.3 Å². The van der Waals surface area contributed by atoms with Crippen LogP contribution in [0, 0.1) is 6.92 Å². The highest BCUT2D eigenvalue weighted by molar-refractivity contribution is 7.09. The van der Waals surface area contributed by atoms with E-state index >= 15 is 0 Å². The number of hydrogen-bond donors (Lipinski definition) is 2. The summed E-state index contributed by atoms with van der Waals surface area (Å²) in [5, 5.41) is 11.9. The second kappa shape index (κ2) is 5.65. The van der Waals surface area contributed by atoms with Crippen LogP contribution in [-0.2, 0) is 11.8 Å². The van der Waals surface area contributed by atoms with Crippen molar-refractivity contribution in [3.8, 4) is 0 Å². The van der Waals surface area contributed by atoms with E-state index in [2.05, 4.69) is 36.6 Å². The zero-order valence-corrected chi connectivity index (χ0v) is 11.4. The molecule has 2 rings (SSSR count). The van der Waals surface area contributed by atoms with Gasteiger partial charge in [-0.2, -0.15) is 0 Å². The number of benzene rings is 1. The van der Waals surface area contributed by atoms with Crippen LogP contribution in [0.5, 0.6) is 0 Å². The van der Waals surface area contributed by atoms with Gasteiger partial charge in [0.15, 0.2) is 0 Å². The molecular formula is C15H19NOS. The quantitative estimate of drug-likeness (QED) is 0.868. The fourth-order valence-electron chi connectivity index (χ4n) is 2.23. The number of aliphatic hydroxyl groups is 1. The van der Waals surface area contributed by atoms with Crippen molar-refractivity contribution < 1.29 is 5.11 Å². The van der Waals surface area contributed by atoms with Gasteiger partial charge in [0.2, 0.25) is 0 Å². The monoisotopic (exact) mass is 261 g/mol. The molecule has 3 N–H and O–H groups in total. The first-order valence-electron chi connectivity index (χ1n) is 6.11. The zero-order valence-electron chi connectivity index (χ0n) is 10.6. The van der Waals surface area contributed by atoms with E-state index in [1.165, 1.54) is 10.4 Å². The molecule has 1 aromatic carbocycles. The molecule has 0 radical (unpaired) electrons. The topological polar surface area (TPSA) is 46.2 Å². The predicted octanol–water partition coefficient (Wildman–Crippen LogP) is 2.49. The Bertz CT molecular complexity index is 489. The van der Waals surface area contributed by atoms with Crippen molar-refractivity contribution in [2.45, 2.75) is 18.8 Å². The van der Waals surface area contributed by atoms with Gasteiger partial charge in [0.25, 0.3) is 0 Å². The van der Waals surface area contributed by atoms with Crippen molar-refractivity contribution in [2.75, 3.05) is 13.2 Å². The number of nitrogens with two attached hydrogens (primary N) is 1. The van der Waals surface area contributed by atoms with Crippen molar-refractivity contribution >= 4 is 11.3 Å². The number of aliphatic hydroxyl groups excluding tert-OH is 1. The van der Waals surface area contributed by atoms with E-state index < -0.39 is 0 Å². The molecule has 2 aromatic rings. The van der Waals surface area contributed by atoms with Gasteiger partial charge in [0, 0.05) is 16.8 Å². The average molecular weight is 261 g/mol. The minimum atomic E-state index is -0.364. The van der Waals surface area contributed by atoms with Crippen molar-refractivity contribution in [2.24, 2.45) is 5.73 Å². The van der Waals surface area contributed by atoms with Crippen molar-refractivity contribution in [3.63, 3.8) is 0 Å². The SMILES string of the molecule is Cc1cccc(C(CN)(CO)Cc2cccs2)c1. The number of hydrogen-bond acceptors (Lipinski definition) is 3. The summed E-state index contributed by atoms with van der Waals surface area (Å²) in [5.41, 5.74) is 7.92. The molecule has 0 saturated carbocycles. The predicted molar refractivity (Wildman–Crippen MR) is 77.0 cm³/mol. The van der Waals surface area contributed by atoms with Crippen molar-refractivity contribution in [1.29, 1.82) is 0 Å². The highest BCUT2D eigenvalue weighted by Crippen LogP contribution is 2.29. The molecule has 0 aliphatic carbocycles. The first-order chi connectivity index (χ1) is 8.70. The van der Waals surface area contributed by atoms with Gasteiger partial charge < -0.3 is 10.8 Å². The molecule has 3 heteroatoms. The number of thiophene rings is 1. The van der Waals surface area contributed by atoms with Gasteiger partial charge in [-0.15, -0.1) is 11.3 Å². The largest absolute Gasteiger partial charge is 0.395 e. The van der Waals surface area contributed by atoms with Crippen LogP contribution in [0.3, 0.4) is 0 Å². The molecule has 96 valence electrons. The van der Waals surface area contributed by atoms with E-state index in [0.29, 0.717) is 6.54 Å². The third-order valence-corrected chi connectivity index (χ3v) is 4.29. The summed E-state index contributed by atoms with van der Waals surface area (Å²) in [4.78, 5) is 1.26. The molecule has 0 spiro atoms. The Labute approximate surface area is 112 Å². The summed E-state index contributed by atoms with van der Waals surface area (Å²) in [7, 11) is 0. The molecular weight excluding hydrogens is 242 g/mol. The molecule has 0 bridgehead atoms. The normalized spacial score (nSPS) is 14.4. The highest BCUT2D eigenvalue weighted by Gasteiger charge is 2.30. The van der Waals surface area contributed by atoms with Crippen LogP contribution in [0.25, 0.3) is 0 Å². The molecule has 1 aromatic heterocycles. The summed E-state index contributed by atoms with van der Waals surface area (Å²) >= 11 is 1.71. The summed E-state index contributed by atoms with van der Waals surface area (Å²) in [6.45, 7) is 2.59. The van der Waals surface area contributed by atoms with Gasteiger partial charge in [-0.25, -0.2) is 0 Å². The van der Waals surface area contributed by atoms with Crippen molar-refractivity contribution in [3.05, 3.63) is 57.8 Å². The lowest BCUT2D eigenvalue weighted by atomic mass is 9.77. The van der Waals surface area contributed by atoms with Gasteiger partial charge in [0.05, 0.1) is 6.61 Å². The second-order valence-corrected chi connectivity index (χ2v) is 5.80. The molecule has 0 aliphatic rings. The fourth-order valence-corrected chi connectivity index (χ4v) is 3.07. The Hall–Kier alpha value is -1.16. The van der Waals surface area contributed by atoms with E-state index in [1.54, 1.807) is 11.3 Å². The zero-order chi connectivity index (χ0) is 13.0. The minimum Gasteiger partial charge on any atom is -0.395 e. The molecule has 0 amide bonds. The number of aryl methyl sites for hydroxylation is 1. The van der Waals surface area contributed by atoms with Crippen LogP contribution in [0.15, 0.2) is 41.8 Å². The van der Waals surface area contributed by atoms with Gasteiger partial charge in [-0.3, -0.25) is 0 Å². The highest BCUT2D eigenvalue weighted by atomic mass is 32.1. The van der Waals surface area contributed by atoms with E-state index in [4.69, 9.17) is 5.73 Å². The molecule has 1 atom stereocenters. The lowest BCUT2D eigenvalue weighted by Crippen LogP contribution is -2.40. The Morgan fingerprint density at radius 2 is 2.11 bits per heavy atom. The van der Waals surface area contributed by atoms with Gasteiger partial charge in [-0.1, -0.05) is 35.9 Å². The summed E-state index contributed by atoms with van der Waals surface area (Å²) in [5.74, 6) is 0. The van der Waals surface area contributed by atoms with Crippen LogP contribution in [0.4, 0.5) is 0 Å². The average Bonchev–Trinajstić information content (AvgIpc) is 2.89. The minimum absolute atomic E-state index is 0.0743. The maximum Gasteiger partial charge on any atom is 0.0543 e. The maximum atomic E-state index is 9.84. The Morgan fingerprint density at radius 1 is 1.28 bits per heavy atom. The lowest BCUT2D eigenvalue weighted by Gasteiger charge is -2.31. The molecule has 1 unspecified atom stereocenters. The standard InChI is InChI=1S/C15H19NOS/c1-12-4-2-5-13(8-12)15(10-16,11-17)9-14-6-3-7-18-14/h2-8,17H,9-11,16H2,1H3. The molecule has 0 aliphatic heterocycles. The Balaban J connectivity index is 2.37. The van der Waals surface area contributed by atoms with Crippen LogP contribution in [-0.4, -0.2) is 18.3 Å². The van der Waals surface area contributed by atoms with Crippen LogP contribution < -0.4 is 5.73 Å². The van der Waals surface area contributed by atoms with Crippen LogP contribution in [0.1, 0.15) is 16.0 Å². The summed E-state index contributed by atoms with van der Waals surface area (Å²) < 4.78 is 0. The molecule has 1 heterocycles. The van der Waals surface area contributed by atoms with E-state index in [9.17, 15) is 5.11 Å². The van der Waals surface area contributed by atoms with E-state index in [-0.39, 0.29) is 12.0 Å². The van der Waals surface area contributed by atoms with Gasteiger partial charge in [0.1, 0.15) is 0 Å². The Kier molecular flexibility index (Phi) is 4.17. The van der Waals surface area contributed by atoms with E-state index in [0.717, 1.165) is 12.0 Å². The molecule has 0 fully saturated rings. The third kappa shape index (κ3) is 2.64. The summed E-state index contributed by atoms with van der Waals surface area (Å²) in [6, 6.07) is 12.4. The fraction of sp³-hybridized carbons (Fsp3) is 0.333. The summed E-state index contributed by atoms with van der Waals surface area (Å²) in [6.07, 6.45) is 0.793. The van der Waals surface area contributed by atoms with Gasteiger partial charge in [-0.05, 0) is 30.4 Å². The van der Waals surface area contributed by atoms with Crippen molar-refractivity contribution in [1.82, 2.24) is 0 Å². The maximum absolute atomic E-state index is 9.84. The lowest BCUT2D eigenvalue weighted by molar-refractivity contribution is 0.196. The third-order valence-electron chi connectivity index (χ3n) is 3.42. The smallest absolute Gasteiger partial charge is 0.0543 e. The number of rotatable bonds is 5. The second-order valence-electron chi connectivity index (χ2n) is 4.77. The molecule has 18 heavy (non-hydrogen) atoms. The molecule has 2 nitrogen and oxygen atoms in total. The first-order valence-corrected chi connectivity index (χ1v) is 6.98. The van der Waals surface area contributed by atoms with E-state index in [1.807, 2.05) is 12.1 Å². The molecule has 0 saturated heterocycles.